The van der Waals surface area contributed by atoms with Crippen LogP contribution in [0.5, 0.6) is 11.5 Å². The number of piperidine rings is 1. The SMILES string of the molecule is CCCCOc1ccc(OCCCN2CCOCC2)cc1.CN1CCC(=C2c3ccccc3Sc3ccccc32)CC1.Cl.O=C(O)C=CC(=O)O. The van der Waals surface area contributed by atoms with Gasteiger partial charge in [-0.15, -0.1) is 12.4 Å². The van der Waals surface area contributed by atoms with E-state index in [2.05, 4.69) is 72.3 Å². The van der Waals surface area contributed by atoms with Gasteiger partial charge in [0.05, 0.1) is 26.4 Å². The largest absolute Gasteiger partial charge is 0.494 e. The Bertz CT molecular complexity index is 1500. The molecule has 0 atom stereocenters. The Morgan fingerprint density at radius 1 is 0.765 bits per heavy atom. The average Bonchev–Trinajstić information content (AvgIpc) is 3.14. The molecule has 3 aromatic carbocycles. The van der Waals surface area contributed by atoms with Crippen LogP contribution in [0.15, 0.2) is 100 Å². The first-order valence-electron chi connectivity index (χ1n) is 17.4. The lowest BCUT2D eigenvalue weighted by atomic mass is 9.88. The Labute approximate surface area is 312 Å². The van der Waals surface area contributed by atoms with Crippen LogP contribution < -0.4 is 9.47 Å². The molecular formula is C40H51ClN2O7S. The summed E-state index contributed by atoms with van der Waals surface area (Å²) < 4.78 is 16.7. The van der Waals surface area contributed by atoms with E-state index < -0.39 is 11.9 Å². The van der Waals surface area contributed by atoms with Gasteiger partial charge in [0.1, 0.15) is 11.5 Å². The lowest BCUT2D eigenvalue weighted by Gasteiger charge is -2.30. The first-order chi connectivity index (χ1) is 24.3. The van der Waals surface area contributed by atoms with Crippen molar-refractivity contribution in [1.82, 2.24) is 9.80 Å². The van der Waals surface area contributed by atoms with E-state index >= 15 is 0 Å². The van der Waals surface area contributed by atoms with Crippen LogP contribution in [0.1, 0.15) is 50.2 Å². The Morgan fingerprint density at radius 3 is 1.75 bits per heavy atom. The lowest BCUT2D eigenvalue weighted by Crippen LogP contribution is -2.37. The summed E-state index contributed by atoms with van der Waals surface area (Å²) >= 11 is 1.91. The highest BCUT2D eigenvalue weighted by Gasteiger charge is 2.24. The van der Waals surface area contributed by atoms with Crippen molar-refractivity contribution in [2.45, 2.75) is 48.8 Å². The standard InChI is InChI=1S/C19H19NS.C17H27NO3.C4H4O4.ClH/c1-20-12-10-14(11-13-20)19-15-6-2-4-8-17(15)21-18-9-5-3-7-16(18)19;1-2-3-12-20-16-5-7-17(8-6-16)21-13-4-9-18-10-14-19-15-11-18;5-3(6)1-2-4(7)8;/h2-9H,10-13H2,1H3;5-8H,2-4,9-15H2,1H3;1-2H,(H,5,6)(H,7,8);1H. The van der Waals surface area contributed by atoms with Crippen molar-refractivity contribution in [3.8, 4) is 11.5 Å². The summed E-state index contributed by atoms with van der Waals surface area (Å²) in [6, 6.07) is 25.7. The van der Waals surface area contributed by atoms with E-state index in [1.54, 1.807) is 5.57 Å². The third kappa shape index (κ3) is 14.4. The minimum absolute atomic E-state index is 0. The van der Waals surface area contributed by atoms with Crippen LogP contribution in [0.4, 0.5) is 0 Å². The maximum atomic E-state index is 9.55. The molecule has 2 N–H and O–H groups in total. The van der Waals surface area contributed by atoms with Crippen molar-refractivity contribution in [3.63, 3.8) is 0 Å². The molecule has 9 nitrogen and oxygen atoms in total. The molecule has 276 valence electrons. The number of fused-ring (bicyclic) bond motifs is 2. The first-order valence-corrected chi connectivity index (χ1v) is 18.2. The summed E-state index contributed by atoms with van der Waals surface area (Å²) in [6.07, 6.45) is 6.81. The first kappa shape index (κ1) is 41.6. The summed E-state index contributed by atoms with van der Waals surface area (Å²) in [4.78, 5) is 26.8. The zero-order valence-electron chi connectivity index (χ0n) is 29.6. The van der Waals surface area contributed by atoms with E-state index in [0.29, 0.717) is 12.2 Å². The number of hydrogen-bond donors (Lipinski definition) is 2. The number of unbranched alkanes of at least 4 members (excludes halogenated alkanes) is 1. The van der Waals surface area contributed by atoms with E-state index in [0.717, 1.165) is 76.8 Å². The second kappa shape index (κ2) is 22.9. The van der Waals surface area contributed by atoms with Gasteiger partial charge in [0.25, 0.3) is 0 Å². The van der Waals surface area contributed by atoms with Crippen LogP contribution >= 0.6 is 24.2 Å². The maximum absolute atomic E-state index is 9.55. The van der Waals surface area contributed by atoms with Crippen LogP contribution in [-0.4, -0.2) is 98.2 Å². The van der Waals surface area contributed by atoms with Gasteiger partial charge in [-0.3, -0.25) is 4.90 Å². The lowest BCUT2D eigenvalue weighted by molar-refractivity contribution is -0.134. The number of benzene rings is 3. The van der Waals surface area contributed by atoms with Crippen molar-refractivity contribution in [2.75, 3.05) is 66.2 Å². The van der Waals surface area contributed by atoms with E-state index in [4.69, 9.17) is 24.4 Å². The van der Waals surface area contributed by atoms with Gasteiger partial charge in [-0.25, -0.2) is 9.59 Å². The summed E-state index contributed by atoms with van der Waals surface area (Å²) in [5.41, 5.74) is 6.00. The number of morpholine rings is 1. The van der Waals surface area contributed by atoms with Crippen molar-refractivity contribution in [2.24, 2.45) is 0 Å². The summed E-state index contributed by atoms with van der Waals surface area (Å²) in [5, 5.41) is 15.6. The van der Waals surface area contributed by atoms with Crippen molar-refractivity contribution in [3.05, 3.63) is 102 Å². The molecule has 0 saturated carbocycles. The zero-order valence-corrected chi connectivity index (χ0v) is 31.3. The Morgan fingerprint density at radius 2 is 1.25 bits per heavy atom. The van der Waals surface area contributed by atoms with Crippen LogP contribution in [0.25, 0.3) is 5.57 Å². The molecule has 51 heavy (non-hydrogen) atoms. The molecule has 3 aliphatic heterocycles. The average molecular weight is 739 g/mol. The number of carboxylic acid groups (broad SMARTS) is 2. The summed E-state index contributed by atoms with van der Waals surface area (Å²) in [5.74, 6) is -0.677. The molecule has 0 spiro atoms. The Balaban J connectivity index is 0.000000225. The van der Waals surface area contributed by atoms with Crippen molar-refractivity contribution < 1.29 is 34.0 Å². The molecule has 3 heterocycles. The van der Waals surface area contributed by atoms with Crippen molar-refractivity contribution in [1.29, 1.82) is 0 Å². The quantitative estimate of drug-likeness (QED) is 0.117. The predicted octanol–water partition coefficient (Wildman–Crippen LogP) is 7.78. The van der Waals surface area contributed by atoms with Crippen LogP contribution in [0.3, 0.4) is 0 Å². The minimum atomic E-state index is -1.26. The smallest absolute Gasteiger partial charge is 0.328 e. The number of carboxylic acids is 2. The maximum Gasteiger partial charge on any atom is 0.328 e. The van der Waals surface area contributed by atoms with Gasteiger partial charge in [0.2, 0.25) is 0 Å². The highest BCUT2D eigenvalue weighted by molar-refractivity contribution is 7.99. The fraction of sp³-hybridized carbons (Fsp3) is 0.400. The van der Waals surface area contributed by atoms with Gasteiger partial charge in [-0.2, -0.15) is 0 Å². The van der Waals surface area contributed by atoms with E-state index in [1.807, 2.05) is 36.0 Å². The molecule has 0 aromatic heterocycles. The van der Waals surface area contributed by atoms with Gasteiger partial charge in [0, 0.05) is 54.7 Å². The van der Waals surface area contributed by atoms with Crippen LogP contribution in [0, 0.1) is 0 Å². The Hall–Kier alpha value is -3.80. The second-order valence-electron chi connectivity index (χ2n) is 12.2. The molecule has 0 aliphatic carbocycles. The normalized spacial score (nSPS) is 15.6. The van der Waals surface area contributed by atoms with Gasteiger partial charge < -0.3 is 29.3 Å². The van der Waals surface area contributed by atoms with Gasteiger partial charge in [-0.1, -0.05) is 67.1 Å². The Kier molecular flexibility index (Phi) is 18.7. The molecule has 3 aromatic rings. The van der Waals surface area contributed by atoms with E-state index in [1.165, 1.54) is 52.4 Å². The summed E-state index contributed by atoms with van der Waals surface area (Å²) in [6.45, 7) is 11.0. The van der Waals surface area contributed by atoms with Gasteiger partial charge >= 0.3 is 11.9 Å². The molecular weight excluding hydrogens is 688 g/mol. The highest BCUT2D eigenvalue weighted by atomic mass is 35.5. The van der Waals surface area contributed by atoms with Crippen LogP contribution in [0.2, 0.25) is 0 Å². The fourth-order valence-electron chi connectivity index (χ4n) is 5.72. The monoisotopic (exact) mass is 738 g/mol. The number of rotatable bonds is 11. The number of aliphatic carboxylic acids is 2. The topological polar surface area (TPSA) is 109 Å². The van der Waals surface area contributed by atoms with Crippen LogP contribution in [-0.2, 0) is 14.3 Å². The molecule has 6 rings (SSSR count). The molecule has 0 bridgehead atoms. The number of likely N-dealkylation sites (tertiary alicyclic amines) is 1. The summed E-state index contributed by atoms with van der Waals surface area (Å²) in [7, 11) is 2.22. The third-order valence-electron chi connectivity index (χ3n) is 8.43. The van der Waals surface area contributed by atoms with E-state index in [-0.39, 0.29) is 12.4 Å². The fourth-order valence-corrected chi connectivity index (χ4v) is 6.81. The van der Waals surface area contributed by atoms with Crippen molar-refractivity contribution >= 4 is 41.7 Å². The molecule has 0 radical (unpaired) electrons. The molecule has 0 amide bonds. The molecule has 2 saturated heterocycles. The second-order valence-corrected chi connectivity index (χ2v) is 13.3. The number of halogens is 1. The molecule has 0 unspecified atom stereocenters. The van der Waals surface area contributed by atoms with Gasteiger partial charge in [0.15, 0.2) is 0 Å². The van der Waals surface area contributed by atoms with Gasteiger partial charge in [-0.05, 0) is 85.8 Å². The minimum Gasteiger partial charge on any atom is -0.494 e. The molecule has 2 fully saturated rings. The predicted molar refractivity (Wildman–Crippen MR) is 206 cm³/mol. The number of ether oxygens (including phenoxy) is 3. The number of nitrogens with zero attached hydrogens (tertiary/aromatic N) is 2. The number of hydrogen-bond acceptors (Lipinski definition) is 8. The molecule has 11 heteroatoms. The number of carbonyl (C=O) groups is 2. The zero-order chi connectivity index (χ0) is 35.6. The van der Waals surface area contributed by atoms with E-state index in [9.17, 15) is 9.59 Å². The third-order valence-corrected chi connectivity index (χ3v) is 9.58. The highest BCUT2D eigenvalue weighted by Crippen LogP contribution is 2.47. The molecule has 3 aliphatic rings.